The summed E-state index contributed by atoms with van der Waals surface area (Å²) in [5.74, 6) is -1.98. The summed E-state index contributed by atoms with van der Waals surface area (Å²) in [6.45, 7) is 25.8. The monoisotopic (exact) mass is 1500 g/mol. The first-order valence-electron chi connectivity index (χ1n) is 32.2. The highest BCUT2D eigenvalue weighted by atomic mass is 127. The highest BCUT2D eigenvalue weighted by Gasteiger charge is 2.35. The molecule has 0 fully saturated rings. The zero-order valence-corrected chi connectivity index (χ0v) is 61.9. The van der Waals surface area contributed by atoms with Gasteiger partial charge in [0, 0.05) is 11.1 Å². The first-order chi connectivity index (χ1) is 40.7. The summed E-state index contributed by atoms with van der Waals surface area (Å²) in [5.41, 5.74) is 2.44. The lowest BCUT2D eigenvalue weighted by Crippen LogP contribution is -2.34. The highest BCUT2D eigenvalue weighted by Crippen LogP contribution is 2.26. The lowest BCUT2D eigenvalue weighted by molar-refractivity contribution is -0.152. The first kappa shape index (κ1) is 85.9. The number of benzene rings is 3. The topological polar surface area (TPSA) is 181 Å². The maximum atomic E-state index is 12.6. The number of halogens is 2. The van der Waals surface area contributed by atoms with Crippen molar-refractivity contribution < 1.29 is 53.8 Å². The van der Waals surface area contributed by atoms with E-state index >= 15 is 0 Å². The van der Waals surface area contributed by atoms with Gasteiger partial charge in [0.1, 0.15) is 0 Å². The fraction of sp³-hybridized carbons (Fsp3) is 0.643. The molecule has 0 heterocycles. The zero-order valence-electron chi connectivity index (χ0n) is 55.0. The van der Waals surface area contributed by atoms with Crippen LogP contribution in [0.15, 0.2) is 112 Å². The van der Waals surface area contributed by atoms with Gasteiger partial charge in [-0.3, -0.25) is 4.79 Å². The maximum Gasteiger partial charge on any atom is 0.334 e. The molecule has 0 unspecified atom stereocenters. The van der Waals surface area contributed by atoms with Gasteiger partial charge in [-0.25, -0.2) is 34.8 Å². The van der Waals surface area contributed by atoms with Crippen LogP contribution in [0.3, 0.4) is 0 Å². The molecule has 0 N–H and O–H groups in total. The molecule has 0 saturated carbocycles. The molecule has 0 aliphatic rings. The number of esters is 3. The van der Waals surface area contributed by atoms with E-state index in [1.54, 1.807) is 93.6 Å². The number of aryl methyl sites for hydroxylation is 3. The fourth-order valence-corrected chi connectivity index (χ4v) is 13.3. The number of unbranched alkanes of at least 4 members (excludes halogenated alkanes) is 27. The van der Waals surface area contributed by atoms with Crippen molar-refractivity contribution in [3.05, 3.63) is 114 Å². The molecule has 0 bridgehead atoms. The Bertz CT molecular complexity index is 2650. The van der Waals surface area contributed by atoms with Crippen LogP contribution in [0, 0.1) is 26.2 Å². The standard InChI is InChI=1S/C24H40O4S.C23H36O4S.C16H30O2.C7H7IO2S.HI/c1-5-6-7-8-9-10-11-12-13-14-19-28-23(25)24(3,4)20-29(26,27)22-17-15-21(2)16-18-22;1-4-5-6-7-8-9-10-11-12-13-18-27-23(24)21(3)19-28(25,26)22-16-14-20(2)15-17-22;1-4-5-6-7-8-9-10-11-12-13-14-18-16(17)15(2)3;1-6-2-4-7(5-3-6)11(8,9)10;/h15-18H,5-14,19-20H2,1-4H3;14-17H,3-13,18-19H2,1-2H3;2,4-14H2,1,3H3;2-5H,1H3;1H. The third-order valence-electron chi connectivity index (χ3n) is 14.4. The fourth-order valence-electron chi connectivity index (χ4n) is 8.86. The molecular weight excluding hydrogens is 1380 g/mol. The van der Waals surface area contributed by atoms with Gasteiger partial charge in [0.15, 0.2) is 19.7 Å². The second kappa shape index (κ2) is 51.5. The Morgan fingerprint density at radius 1 is 0.414 bits per heavy atom. The van der Waals surface area contributed by atoms with Crippen molar-refractivity contribution in [3.8, 4) is 0 Å². The molecule has 12 nitrogen and oxygen atoms in total. The van der Waals surface area contributed by atoms with Crippen LogP contribution >= 0.6 is 45.2 Å². The number of hydrogen-bond donors (Lipinski definition) is 0. The van der Waals surface area contributed by atoms with E-state index in [-0.39, 0.29) is 51.1 Å². The van der Waals surface area contributed by atoms with Crippen molar-refractivity contribution in [2.24, 2.45) is 5.41 Å². The van der Waals surface area contributed by atoms with E-state index in [4.69, 9.17) is 14.2 Å². The van der Waals surface area contributed by atoms with Crippen LogP contribution in [0.2, 0.25) is 0 Å². The Hall–Kier alpha value is -3.14. The van der Waals surface area contributed by atoms with Crippen LogP contribution < -0.4 is 0 Å². The molecule has 0 aromatic heterocycles. The van der Waals surface area contributed by atoms with Crippen molar-refractivity contribution >= 4 is 89.8 Å². The minimum atomic E-state index is -3.58. The minimum Gasteiger partial charge on any atom is -0.465 e. The predicted molar refractivity (Wildman–Crippen MR) is 380 cm³/mol. The van der Waals surface area contributed by atoms with Gasteiger partial charge >= 0.3 is 17.9 Å². The maximum absolute atomic E-state index is 12.6. The number of hydrogen-bond acceptors (Lipinski definition) is 12. The molecule has 0 spiro atoms. The summed E-state index contributed by atoms with van der Waals surface area (Å²) in [4.78, 5) is 36.3. The average molecular weight is 1500 g/mol. The molecule has 498 valence electrons. The smallest absolute Gasteiger partial charge is 0.334 e. The summed E-state index contributed by atoms with van der Waals surface area (Å²) in [6, 6.07) is 20.1. The van der Waals surface area contributed by atoms with Gasteiger partial charge in [0.2, 0.25) is 7.01 Å². The third-order valence-corrected chi connectivity index (χ3v) is 20.5. The van der Waals surface area contributed by atoms with E-state index in [1.165, 1.54) is 169 Å². The SMILES string of the molecule is C=C(C)C(=O)OCCCCCCCCCCCC.C=C(CS(=O)(=O)c1ccc(C)cc1)C(=O)OCCCCCCCCCCCC.CCCCCCCCCCCCOC(=O)C(C)(C)CS(=O)(=O)c1ccc(C)cc1.Cc1ccc(S(=O)(=O)I)cc1.I. The predicted octanol–water partition coefficient (Wildman–Crippen LogP) is 19.8. The minimum absolute atomic E-state index is 0. The lowest BCUT2D eigenvalue weighted by atomic mass is 9.97. The van der Waals surface area contributed by atoms with Gasteiger partial charge in [-0.2, -0.15) is 0 Å². The molecule has 0 radical (unpaired) electrons. The molecule has 0 aliphatic carbocycles. The summed E-state index contributed by atoms with van der Waals surface area (Å²) >= 11 is 1.43. The van der Waals surface area contributed by atoms with Gasteiger partial charge in [0.05, 0.1) is 72.6 Å². The van der Waals surface area contributed by atoms with Crippen LogP contribution in [0.4, 0.5) is 0 Å². The number of carbonyl (C=O) groups excluding carboxylic acids is 3. The Labute approximate surface area is 559 Å². The lowest BCUT2D eigenvalue weighted by Gasteiger charge is -2.22. The number of carbonyl (C=O) groups is 3. The molecule has 0 saturated heterocycles. The molecule has 17 heteroatoms. The van der Waals surface area contributed by atoms with Crippen molar-refractivity contribution in [1.82, 2.24) is 0 Å². The second-order valence-electron chi connectivity index (χ2n) is 23.6. The highest BCUT2D eigenvalue weighted by molar-refractivity contribution is 14.2. The van der Waals surface area contributed by atoms with Gasteiger partial charge in [-0.05, 0) is 97.2 Å². The van der Waals surface area contributed by atoms with E-state index in [9.17, 15) is 39.6 Å². The molecule has 0 aliphatic heterocycles. The Morgan fingerprint density at radius 2 is 0.678 bits per heavy atom. The Morgan fingerprint density at radius 3 is 0.977 bits per heavy atom. The Kier molecular flexibility index (Phi) is 50.8. The molecule has 3 rings (SSSR count). The number of sulfone groups is 2. The summed E-state index contributed by atoms with van der Waals surface area (Å²) in [6.07, 6.45) is 37.2. The van der Waals surface area contributed by atoms with Crippen molar-refractivity contribution in [3.63, 3.8) is 0 Å². The third kappa shape index (κ3) is 45.7. The van der Waals surface area contributed by atoms with E-state index in [1.807, 2.05) is 20.8 Å². The Balaban J connectivity index is 0. The normalized spacial score (nSPS) is 11.3. The summed E-state index contributed by atoms with van der Waals surface area (Å²) in [7, 11) is -10.2. The largest absolute Gasteiger partial charge is 0.465 e. The van der Waals surface area contributed by atoms with Crippen molar-refractivity contribution in [2.75, 3.05) is 31.3 Å². The van der Waals surface area contributed by atoms with Gasteiger partial charge < -0.3 is 14.2 Å². The summed E-state index contributed by atoms with van der Waals surface area (Å²) in [5, 5.41) is 0. The van der Waals surface area contributed by atoms with E-state index < -0.39 is 49.8 Å². The van der Waals surface area contributed by atoms with Crippen LogP contribution in [0.25, 0.3) is 0 Å². The van der Waals surface area contributed by atoms with Crippen molar-refractivity contribution in [2.45, 2.75) is 270 Å². The second-order valence-corrected chi connectivity index (χ2v) is 32.4. The van der Waals surface area contributed by atoms with E-state index in [0.717, 1.165) is 61.6 Å². The van der Waals surface area contributed by atoms with Crippen LogP contribution in [-0.2, 0) is 55.3 Å². The van der Waals surface area contributed by atoms with Gasteiger partial charge in [-0.1, -0.05) is 260 Å². The van der Waals surface area contributed by atoms with E-state index in [0.29, 0.717) is 30.3 Å². The molecule has 3 aromatic rings. The molecule has 3 aromatic carbocycles. The molecular formula is C70H114I2O12S3. The number of rotatable bonds is 43. The van der Waals surface area contributed by atoms with Crippen molar-refractivity contribution in [1.29, 1.82) is 0 Å². The molecule has 0 amide bonds. The first-order valence-corrected chi connectivity index (χ1v) is 39.5. The van der Waals surface area contributed by atoms with Gasteiger partial charge in [-0.15, -0.1) is 24.0 Å². The van der Waals surface area contributed by atoms with Crippen LogP contribution in [0.1, 0.15) is 251 Å². The molecule has 0 atom stereocenters. The summed E-state index contributed by atoms with van der Waals surface area (Å²) < 4.78 is 87.4. The molecule has 87 heavy (non-hydrogen) atoms. The quantitative estimate of drug-likeness (QED) is 0.0131. The van der Waals surface area contributed by atoms with Crippen LogP contribution in [0.5, 0.6) is 0 Å². The average Bonchev–Trinajstić information content (AvgIpc) is 2.77. The number of ether oxygens (including phenoxy) is 3. The van der Waals surface area contributed by atoms with Crippen LogP contribution in [-0.4, -0.2) is 74.5 Å². The van der Waals surface area contributed by atoms with E-state index in [2.05, 4.69) is 33.9 Å². The zero-order chi connectivity index (χ0) is 64.7. The van der Waals surface area contributed by atoms with Gasteiger partial charge in [0.25, 0.3) is 0 Å².